The van der Waals surface area contributed by atoms with E-state index in [4.69, 9.17) is 4.98 Å². The van der Waals surface area contributed by atoms with Crippen LogP contribution in [0.15, 0.2) is 36.4 Å². The molecule has 0 bridgehead atoms. The number of fused-ring (bicyclic) bond motifs is 2. The van der Waals surface area contributed by atoms with Gasteiger partial charge in [-0.15, -0.1) is 11.3 Å². The summed E-state index contributed by atoms with van der Waals surface area (Å²) in [6, 6.07) is 13.2. The van der Waals surface area contributed by atoms with E-state index in [9.17, 15) is 0 Å². The maximum Gasteiger partial charge on any atom is 0.201 e. The van der Waals surface area contributed by atoms with Crippen molar-refractivity contribution in [2.24, 2.45) is 0 Å². The third-order valence-corrected chi connectivity index (χ3v) is 6.60. The first-order valence-electron chi connectivity index (χ1n) is 9.89. The molecule has 1 aromatic carbocycles. The number of likely N-dealkylation sites (N-methyl/N-ethyl adjacent to an activating group) is 1. The van der Waals surface area contributed by atoms with Gasteiger partial charge in [0, 0.05) is 38.0 Å². The molecule has 1 saturated heterocycles. The molecule has 1 aromatic rings. The van der Waals surface area contributed by atoms with Crippen LogP contribution in [0.5, 0.6) is 0 Å². The van der Waals surface area contributed by atoms with Crippen LogP contribution < -0.4 is 14.8 Å². The van der Waals surface area contributed by atoms with E-state index in [1.165, 1.54) is 53.0 Å². The van der Waals surface area contributed by atoms with E-state index in [2.05, 4.69) is 71.9 Å². The number of hydrogen-bond acceptors (Lipinski definition) is 4. The molecule has 0 saturated carbocycles. The second-order valence-corrected chi connectivity index (χ2v) is 8.82. The number of aromatic nitrogens is 1. The van der Waals surface area contributed by atoms with Crippen molar-refractivity contribution in [3.8, 4) is 10.6 Å². The molecule has 0 aromatic heterocycles. The minimum Gasteiger partial charge on any atom is -0.373 e. The second kappa shape index (κ2) is 7.95. The average Bonchev–Trinajstić information content (AvgIpc) is 2.70. The van der Waals surface area contributed by atoms with E-state index in [-0.39, 0.29) is 0 Å². The van der Waals surface area contributed by atoms with E-state index in [1.807, 2.05) is 11.3 Å². The normalized spacial score (nSPS) is 15.4. The van der Waals surface area contributed by atoms with Gasteiger partial charge in [-0.3, -0.25) is 0 Å². The maximum atomic E-state index is 4.86. The maximum absolute atomic E-state index is 4.86. The first-order valence-corrected chi connectivity index (χ1v) is 10.7. The number of benzene rings is 2. The number of likely N-dealkylation sites (tertiary alicyclic amines) is 1. The van der Waals surface area contributed by atoms with Crippen LogP contribution in [0.25, 0.3) is 20.8 Å². The Bertz CT molecular complexity index is 968. The van der Waals surface area contributed by atoms with Gasteiger partial charge >= 0.3 is 0 Å². The summed E-state index contributed by atoms with van der Waals surface area (Å²) in [6.07, 6.45) is 4.11. The van der Waals surface area contributed by atoms with E-state index in [1.54, 1.807) is 0 Å². The molecule has 142 valence electrons. The summed E-state index contributed by atoms with van der Waals surface area (Å²) in [4.78, 5) is 11.1. The van der Waals surface area contributed by atoms with Crippen molar-refractivity contribution >= 4 is 27.2 Å². The minimum absolute atomic E-state index is 1.07. The first kappa shape index (κ1) is 18.4. The Hall–Kier alpha value is -1.98. The smallest absolute Gasteiger partial charge is 0.201 e. The van der Waals surface area contributed by atoms with Crippen LogP contribution in [0.2, 0.25) is 0 Å². The van der Waals surface area contributed by atoms with Crippen LogP contribution in [-0.2, 0) is 0 Å². The lowest BCUT2D eigenvalue weighted by molar-refractivity contribution is 0.234. The van der Waals surface area contributed by atoms with E-state index < -0.39 is 0 Å². The zero-order chi connectivity index (χ0) is 18.8. The Kier molecular flexibility index (Phi) is 5.41. The Morgan fingerprint density at radius 2 is 1.89 bits per heavy atom. The molecule has 0 amide bonds. The van der Waals surface area contributed by atoms with Gasteiger partial charge < -0.3 is 9.80 Å². The SMILES string of the molecule is CN(CCN1CCCCC1)c1ccc2nc3ccc(=[N+](C)C)cc-3sc2c1. The fourth-order valence-corrected chi connectivity index (χ4v) is 4.75. The van der Waals surface area contributed by atoms with Crippen molar-refractivity contribution in [1.82, 2.24) is 14.5 Å². The van der Waals surface area contributed by atoms with Gasteiger partial charge in [0.25, 0.3) is 0 Å². The number of hydrogen-bond donors (Lipinski definition) is 0. The van der Waals surface area contributed by atoms with Gasteiger partial charge in [0.1, 0.15) is 14.1 Å². The van der Waals surface area contributed by atoms with E-state index in [0.717, 1.165) is 24.3 Å². The van der Waals surface area contributed by atoms with Gasteiger partial charge in [-0.2, -0.15) is 0 Å². The van der Waals surface area contributed by atoms with Crippen LogP contribution in [0, 0.1) is 0 Å². The monoisotopic (exact) mass is 381 g/mol. The summed E-state index contributed by atoms with van der Waals surface area (Å²) in [5.74, 6) is 0. The molecular formula is C22H29N4S+. The summed E-state index contributed by atoms with van der Waals surface area (Å²) >= 11 is 1.83. The van der Waals surface area contributed by atoms with Crippen molar-refractivity contribution in [2.75, 3.05) is 52.2 Å². The first-order chi connectivity index (χ1) is 13.1. The van der Waals surface area contributed by atoms with Crippen molar-refractivity contribution in [3.05, 3.63) is 41.8 Å². The van der Waals surface area contributed by atoms with Crippen molar-refractivity contribution < 1.29 is 0 Å². The molecule has 27 heavy (non-hydrogen) atoms. The third-order valence-electron chi connectivity index (χ3n) is 5.51. The lowest BCUT2D eigenvalue weighted by Crippen LogP contribution is -2.36. The predicted octanol–water partition coefficient (Wildman–Crippen LogP) is 3.36. The molecule has 0 radical (unpaired) electrons. The predicted molar refractivity (Wildman–Crippen MR) is 117 cm³/mol. The van der Waals surface area contributed by atoms with Gasteiger partial charge in [-0.25, -0.2) is 9.56 Å². The van der Waals surface area contributed by atoms with Crippen LogP contribution in [0.3, 0.4) is 0 Å². The molecule has 0 unspecified atom stereocenters. The Labute approximate surface area is 165 Å². The summed E-state index contributed by atoms with van der Waals surface area (Å²) in [7, 11) is 6.36. The Morgan fingerprint density at radius 3 is 2.67 bits per heavy atom. The Morgan fingerprint density at radius 1 is 1.07 bits per heavy atom. The van der Waals surface area contributed by atoms with Crippen LogP contribution >= 0.6 is 11.3 Å². The summed E-state index contributed by atoms with van der Waals surface area (Å²) in [6.45, 7) is 4.75. The zero-order valence-electron chi connectivity index (χ0n) is 16.6. The number of rotatable bonds is 4. The molecular weight excluding hydrogens is 352 g/mol. The van der Waals surface area contributed by atoms with Gasteiger partial charge in [-0.1, -0.05) is 6.42 Å². The molecule has 4 nitrogen and oxygen atoms in total. The van der Waals surface area contributed by atoms with Crippen molar-refractivity contribution in [3.63, 3.8) is 0 Å². The highest BCUT2D eigenvalue weighted by Gasteiger charge is 2.13. The molecule has 5 heteroatoms. The lowest BCUT2D eigenvalue weighted by Gasteiger charge is -2.29. The van der Waals surface area contributed by atoms with E-state index >= 15 is 0 Å². The van der Waals surface area contributed by atoms with E-state index in [0.29, 0.717) is 0 Å². The fourth-order valence-electron chi connectivity index (χ4n) is 3.72. The summed E-state index contributed by atoms with van der Waals surface area (Å²) < 4.78 is 3.39. The van der Waals surface area contributed by atoms with Gasteiger partial charge in [0.05, 0.1) is 20.8 Å². The highest BCUT2D eigenvalue weighted by molar-refractivity contribution is 7.21. The quantitative estimate of drug-likeness (QED) is 0.511. The third kappa shape index (κ3) is 4.14. The highest BCUT2D eigenvalue weighted by Crippen LogP contribution is 2.31. The van der Waals surface area contributed by atoms with Crippen LogP contribution in [0.4, 0.5) is 5.69 Å². The zero-order valence-corrected chi connectivity index (χ0v) is 17.4. The number of piperidine rings is 1. The van der Waals surface area contributed by atoms with Gasteiger partial charge in [-0.05, 0) is 50.2 Å². The Balaban J connectivity index is 1.59. The molecule has 3 aliphatic rings. The van der Waals surface area contributed by atoms with Crippen molar-refractivity contribution in [2.45, 2.75) is 19.3 Å². The van der Waals surface area contributed by atoms with Gasteiger partial charge in [0.15, 0.2) is 0 Å². The molecule has 2 heterocycles. The molecule has 0 N–H and O–H groups in total. The topological polar surface area (TPSA) is 22.4 Å². The molecule has 1 aliphatic carbocycles. The molecule has 2 aliphatic heterocycles. The summed E-state index contributed by atoms with van der Waals surface area (Å²) in [5, 5.41) is 1.22. The fraction of sp³-hybridized carbons (Fsp3) is 0.455. The number of anilines is 1. The minimum atomic E-state index is 1.07. The van der Waals surface area contributed by atoms with Crippen LogP contribution in [0.1, 0.15) is 19.3 Å². The molecule has 0 spiro atoms. The highest BCUT2D eigenvalue weighted by atomic mass is 32.1. The lowest BCUT2D eigenvalue weighted by atomic mass is 10.1. The molecule has 0 atom stereocenters. The molecule has 1 fully saturated rings. The number of nitrogens with zero attached hydrogens (tertiary/aromatic N) is 4. The second-order valence-electron chi connectivity index (χ2n) is 7.74. The molecule has 4 rings (SSSR count). The summed E-state index contributed by atoms with van der Waals surface area (Å²) in [5.41, 5.74) is 3.43. The standard InChI is InChI=1S/C22H29N4S/c1-24(2)17-7-9-19-21(15-17)27-22-16-18(8-10-20(22)23-19)25(3)13-14-26-11-5-4-6-12-26/h7-10,15-16H,4-6,11-14H2,1-3H3/q+1. The van der Waals surface area contributed by atoms with Gasteiger partial charge in [0.2, 0.25) is 5.36 Å². The van der Waals surface area contributed by atoms with Crippen molar-refractivity contribution in [1.29, 1.82) is 0 Å². The van der Waals surface area contributed by atoms with Crippen LogP contribution in [-0.4, -0.2) is 57.2 Å². The average molecular weight is 382 g/mol. The largest absolute Gasteiger partial charge is 0.373 e.